The maximum Gasteiger partial charge on any atom is 0.344 e. The first-order valence-corrected chi connectivity index (χ1v) is 4.23. The summed E-state index contributed by atoms with van der Waals surface area (Å²) >= 11 is 0. The van der Waals surface area contributed by atoms with Gasteiger partial charge in [-0.05, 0) is 25.1 Å². The second-order valence-electron chi connectivity index (χ2n) is 2.97. The van der Waals surface area contributed by atoms with Crippen LogP contribution in [0.3, 0.4) is 0 Å². The Morgan fingerprint density at radius 2 is 2.33 bits per heavy atom. The standard InChI is InChI=1S/C10H10N2O3/c1-6(10(13)14)15-9-3-2-8(12)4-7(9)5-11/h2-4,6H,12H2,1H3,(H,13,14). The highest BCUT2D eigenvalue weighted by atomic mass is 16.5. The van der Waals surface area contributed by atoms with Crippen LogP contribution >= 0.6 is 0 Å². The molecule has 1 rings (SSSR count). The highest BCUT2D eigenvalue weighted by Gasteiger charge is 2.14. The lowest BCUT2D eigenvalue weighted by Gasteiger charge is -2.11. The van der Waals surface area contributed by atoms with Gasteiger partial charge in [-0.15, -0.1) is 0 Å². The SMILES string of the molecule is CC(Oc1ccc(N)cc1C#N)C(=O)O. The number of carboxylic acid groups (broad SMARTS) is 1. The number of aliphatic carboxylic acids is 1. The predicted molar refractivity (Wildman–Crippen MR) is 53.3 cm³/mol. The minimum absolute atomic E-state index is 0.224. The van der Waals surface area contributed by atoms with Gasteiger partial charge in [0.15, 0.2) is 6.10 Å². The quantitative estimate of drug-likeness (QED) is 0.719. The zero-order valence-electron chi connectivity index (χ0n) is 8.10. The molecular weight excluding hydrogens is 196 g/mol. The van der Waals surface area contributed by atoms with E-state index in [1.807, 2.05) is 6.07 Å². The van der Waals surface area contributed by atoms with Crippen LogP contribution in [0.4, 0.5) is 5.69 Å². The monoisotopic (exact) mass is 206 g/mol. The van der Waals surface area contributed by atoms with Crippen LogP contribution in [0.2, 0.25) is 0 Å². The van der Waals surface area contributed by atoms with Gasteiger partial charge >= 0.3 is 5.97 Å². The zero-order valence-corrected chi connectivity index (χ0v) is 8.10. The third-order valence-electron chi connectivity index (χ3n) is 1.78. The van der Waals surface area contributed by atoms with Crippen LogP contribution in [0.1, 0.15) is 12.5 Å². The average Bonchev–Trinajstić information content (AvgIpc) is 2.20. The fraction of sp³-hybridized carbons (Fsp3) is 0.200. The minimum Gasteiger partial charge on any atom is -0.479 e. The summed E-state index contributed by atoms with van der Waals surface area (Å²) in [6, 6.07) is 6.34. The molecule has 5 heteroatoms. The molecule has 0 radical (unpaired) electrons. The van der Waals surface area contributed by atoms with Gasteiger partial charge in [0.2, 0.25) is 0 Å². The van der Waals surface area contributed by atoms with Gasteiger partial charge in [-0.3, -0.25) is 0 Å². The van der Waals surface area contributed by atoms with Crippen molar-refractivity contribution >= 4 is 11.7 Å². The number of carbonyl (C=O) groups is 1. The molecule has 1 aromatic rings. The molecule has 0 spiro atoms. The number of nitrogens with two attached hydrogens (primary N) is 1. The van der Waals surface area contributed by atoms with Gasteiger partial charge in [-0.2, -0.15) is 5.26 Å². The lowest BCUT2D eigenvalue weighted by atomic mass is 10.2. The second-order valence-corrected chi connectivity index (χ2v) is 2.97. The van der Waals surface area contributed by atoms with E-state index in [-0.39, 0.29) is 11.3 Å². The van der Waals surface area contributed by atoms with E-state index in [1.54, 1.807) is 6.07 Å². The molecule has 0 saturated carbocycles. The molecule has 3 N–H and O–H groups in total. The number of benzene rings is 1. The van der Waals surface area contributed by atoms with Crippen molar-refractivity contribution in [1.29, 1.82) is 5.26 Å². The highest BCUT2D eigenvalue weighted by Crippen LogP contribution is 2.21. The molecule has 0 bridgehead atoms. The number of hydrogen-bond donors (Lipinski definition) is 2. The Labute approximate surface area is 86.7 Å². The number of anilines is 1. The van der Waals surface area contributed by atoms with Crippen LogP contribution in [-0.2, 0) is 4.79 Å². The molecular formula is C10H10N2O3. The molecule has 15 heavy (non-hydrogen) atoms. The molecule has 1 unspecified atom stereocenters. The number of nitrogen functional groups attached to an aromatic ring is 1. The summed E-state index contributed by atoms with van der Waals surface area (Å²) < 4.78 is 5.08. The summed E-state index contributed by atoms with van der Waals surface area (Å²) in [5.74, 6) is -0.864. The summed E-state index contributed by atoms with van der Waals surface area (Å²) in [6.45, 7) is 1.39. The number of nitrogens with zero attached hydrogens (tertiary/aromatic N) is 1. The molecule has 0 aliphatic rings. The van der Waals surface area contributed by atoms with Crippen molar-refractivity contribution in [3.8, 4) is 11.8 Å². The molecule has 0 fully saturated rings. The Morgan fingerprint density at radius 3 is 2.87 bits per heavy atom. The molecule has 1 aromatic carbocycles. The van der Waals surface area contributed by atoms with E-state index >= 15 is 0 Å². The zero-order chi connectivity index (χ0) is 11.4. The maximum atomic E-state index is 10.5. The number of nitriles is 1. The fourth-order valence-corrected chi connectivity index (χ4v) is 0.979. The molecule has 0 aromatic heterocycles. The molecule has 0 aliphatic carbocycles. The van der Waals surface area contributed by atoms with Gasteiger partial charge in [-0.1, -0.05) is 0 Å². The summed E-state index contributed by atoms with van der Waals surface area (Å²) in [5.41, 5.74) is 6.13. The largest absolute Gasteiger partial charge is 0.479 e. The van der Waals surface area contributed by atoms with Crippen molar-refractivity contribution in [3.63, 3.8) is 0 Å². The third kappa shape index (κ3) is 2.61. The molecule has 0 heterocycles. The van der Waals surface area contributed by atoms with Crippen LogP contribution in [0.5, 0.6) is 5.75 Å². The van der Waals surface area contributed by atoms with Gasteiger partial charge in [-0.25, -0.2) is 4.79 Å². The number of ether oxygens (including phenoxy) is 1. The van der Waals surface area contributed by atoms with E-state index in [0.29, 0.717) is 5.69 Å². The van der Waals surface area contributed by atoms with E-state index in [1.165, 1.54) is 19.1 Å². The molecule has 0 saturated heterocycles. The smallest absolute Gasteiger partial charge is 0.344 e. The topological polar surface area (TPSA) is 96.3 Å². The fourth-order valence-electron chi connectivity index (χ4n) is 0.979. The first-order valence-electron chi connectivity index (χ1n) is 4.23. The van der Waals surface area contributed by atoms with E-state index in [2.05, 4.69) is 0 Å². The van der Waals surface area contributed by atoms with Crippen LogP contribution in [0.15, 0.2) is 18.2 Å². The van der Waals surface area contributed by atoms with Crippen molar-refractivity contribution in [1.82, 2.24) is 0 Å². The summed E-state index contributed by atoms with van der Waals surface area (Å²) in [7, 11) is 0. The van der Waals surface area contributed by atoms with E-state index in [4.69, 9.17) is 20.8 Å². The van der Waals surface area contributed by atoms with Crippen LogP contribution in [0.25, 0.3) is 0 Å². The van der Waals surface area contributed by atoms with Crippen molar-refractivity contribution in [2.75, 3.05) is 5.73 Å². The molecule has 0 amide bonds. The van der Waals surface area contributed by atoms with Crippen LogP contribution in [0, 0.1) is 11.3 Å². The molecule has 1 atom stereocenters. The number of rotatable bonds is 3. The predicted octanol–water partition coefficient (Wildman–Crippen LogP) is 0.992. The molecule has 78 valence electrons. The lowest BCUT2D eigenvalue weighted by molar-refractivity contribution is -0.144. The number of carboxylic acids is 1. The lowest BCUT2D eigenvalue weighted by Crippen LogP contribution is -2.23. The number of hydrogen-bond acceptors (Lipinski definition) is 4. The normalized spacial score (nSPS) is 11.5. The Bertz CT molecular complexity index is 423. The van der Waals surface area contributed by atoms with Crippen LogP contribution < -0.4 is 10.5 Å². The van der Waals surface area contributed by atoms with E-state index in [9.17, 15) is 4.79 Å². The first-order chi connectivity index (χ1) is 7.04. The summed E-state index contributed by atoms with van der Waals surface area (Å²) in [6.07, 6.45) is -0.999. The maximum absolute atomic E-state index is 10.5. The van der Waals surface area contributed by atoms with Crippen LogP contribution in [-0.4, -0.2) is 17.2 Å². The van der Waals surface area contributed by atoms with Gasteiger partial charge in [0.05, 0.1) is 5.56 Å². The summed E-state index contributed by atoms with van der Waals surface area (Å²) in [5, 5.41) is 17.4. The van der Waals surface area contributed by atoms with Crippen molar-refractivity contribution in [3.05, 3.63) is 23.8 Å². The first kappa shape index (κ1) is 10.9. The van der Waals surface area contributed by atoms with Gasteiger partial charge < -0.3 is 15.6 Å². The third-order valence-corrected chi connectivity index (χ3v) is 1.78. The highest BCUT2D eigenvalue weighted by molar-refractivity contribution is 5.72. The Balaban J connectivity index is 2.96. The van der Waals surface area contributed by atoms with Gasteiger partial charge in [0.25, 0.3) is 0 Å². The van der Waals surface area contributed by atoms with E-state index < -0.39 is 12.1 Å². The minimum atomic E-state index is -1.09. The molecule has 5 nitrogen and oxygen atoms in total. The second kappa shape index (κ2) is 4.33. The molecule has 0 aliphatic heterocycles. The Hall–Kier alpha value is -2.22. The Kier molecular flexibility index (Phi) is 3.13. The van der Waals surface area contributed by atoms with Gasteiger partial charge in [0.1, 0.15) is 11.8 Å². The van der Waals surface area contributed by atoms with E-state index in [0.717, 1.165) is 0 Å². The van der Waals surface area contributed by atoms with Crippen molar-refractivity contribution < 1.29 is 14.6 Å². The van der Waals surface area contributed by atoms with Gasteiger partial charge in [0, 0.05) is 5.69 Å². The Morgan fingerprint density at radius 1 is 1.67 bits per heavy atom. The summed E-state index contributed by atoms with van der Waals surface area (Å²) in [4.78, 5) is 10.5. The van der Waals surface area contributed by atoms with Crippen molar-refractivity contribution in [2.45, 2.75) is 13.0 Å². The average molecular weight is 206 g/mol. The van der Waals surface area contributed by atoms with Crippen molar-refractivity contribution in [2.24, 2.45) is 0 Å².